The molecule has 52 valence electrons. The zero-order valence-electron chi connectivity index (χ0n) is 6.03. The molecule has 0 saturated heterocycles. The summed E-state index contributed by atoms with van der Waals surface area (Å²) >= 11 is 0. The fourth-order valence-corrected chi connectivity index (χ4v) is 2.97. The second-order valence-corrected chi connectivity index (χ2v) is 3.85. The Morgan fingerprint density at radius 3 is 2.80 bits per heavy atom. The lowest BCUT2D eigenvalue weighted by Gasteiger charge is -2.18. The highest BCUT2D eigenvalue weighted by molar-refractivity contribution is 5.21. The van der Waals surface area contributed by atoms with Crippen LogP contribution in [-0.4, -0.2) is 0 Å². The van der Waals surface area contributed by atoms with Gasteiger partial charge in [-0.25, -0.2) is 0 Å². The van der Waals surface area contributed by atoms with Gasteiger partial charge in [0.05, 0.1) is 0 Å². The van der Waals surface area contributed by atoms with Gasteiger partial charge in [0.2, 0.25) is 0 Å². The normalized spacial score (nSPS) is 54.4. The molecule has 0 aromatic rings. The maximum absolute atomic E-state index is 2.44. The van der Waals surface area contributed by atoms with Crippen LogP contribution >= 0.6 is 0 Å². The summed E-state index contributed by atoms with van der Waals surface area (Å²) in [6.07, 6.45) is 12.5. The lowest BCUT2D eigenvalue weighted by atomic mass is 9.86. The van der Waals surface area contributed by atoms with Gasteiger partial charge in [-0.15, -0.1) is 0 Å². The number of hydrogen-bond donors (Lipinski definition) is 0. The van der Waals surface area contributed by atoms with E-state index in [0.717, 1.165) is 23.7 Å². The average Bonchev–Trinajstić information content (AvgIpc) is 2.60. The highest BCUT2D eigenvalue weighted by atomic mass is 14.5. The van der Waals surface area contributed by atoms with Crippen molar-refractivity contribution in [1.82, 2.24) is 0 Å². The molecule has 1 saturated carbocycles. The first kappa shape index (κ1) is 5.17. The topological polar surface area (TPSA) is 0 Å². The van der Waals surface area contributed by atoms with Gasteiger partial charge in [-0.3, -0.25) is 0 Å². The SMILES string of the molecule is C1=C[C@@H]2[C@H](C1)[C@@H]1C=C[C@@H]2C1. The average molecular weight is 132 g/mol. The summed E-state index contributed by atoms with van der Waals surface area (Å²) in [6, 6.07) is 0. The molecule has 1 fully saturated rings. The summed E-state index contributed by atoms with van der Waals surface area (Å²) in [5, 5.41) is 0. The number of hydrogen-bond acceptors (Lipinski definition) is 0. The van der Waals surface area contributed by atoms with E-state index in [1.54, 1.807) is 0 Å². The maximum atomic E-state index is 2.44. The summed E-state index contributed by atoms with van der Waals surface area (Å²) in [7, 11) is 0. The molecule has 0 spiro atoms. The van der Waals surface area contributed by atoms with E-state index < -0.39 is 0 Å². The predicted octanol–water partition coefficient (Wildman–Crippen LogP) is 2.38. The van der Waals surface area contributed by atoms with Crippen LogP contribution < -0.4 is 0 Å². The predicted molar refractivity (Wildman–Crippen MR) is 41.5 cm³/mol. The minimum atomic E-state index is 0.925. The minimum Gasteiger partial charge on any atom is -0.0879 e. The molecule has 0 aromatic carbocycles. The quantitative estimate of drug-likeness (QED) is 0.444. The van der Waals surface area contributed by atoms with Crippen LogP contribution in [0.2, 0.25) is 0 Å². The van der Waals surface area contributed by atoms with Crippen molar-refractivity contribution in [1.29, 1.82) is 0 Å². The van der Waals surface area contributed by atoms with E-state index in [0.29, 0.717) is 0 Å². The lowest BCUT2D eigenvalue weighted by Crippen LogP contribution is -2.12. The van der Waals surface area contributed by atoms with Crippen LogP contribution in [0.5, 0.6) is 0 Å². The molecule has 0 N–H and O–H groups in total. The number of rotatable bonds is 0. The Morgan fingerprint density at radius 1 is 1.00 bits per heavy atom. The first-order valence-corrected chi connectivity index (χ1v) is 4.30. The van der Waals surface area contributed by atoms with Crippen molar-refractivity contribution in [2.24, 2.45) is 23.7 Å². The third kappa shape index (κ3) is 0.448. The van der Waals surface area contributed by atoms with E-state index >= 15 is 0 Å². The molecule has 3 aliphatic carbocycles. The standard InChI is InChI=1S/C10H12/c1-2-9-7-4-5-8(6-7)10(9)3-1/h1-2,4-5,7-10H,3,6H2/t7-,8-,9+,10-/m1/s1. The first-order valence-electron chi connectivity index (χ1n) is 4.30. The molecule has 3 rings (SSSR count). The van der Waals surface area contributed by atoms with Crippen molar-refractivity contribution in [2.75, 3.05) is 0 Å². The molecule has 0 unspecified atom stereocenters. The van der Waals surface area contributed by atoms with Crippen LogP contribution in [0, 0.1) is 23.7 Å². The molecule has 0 heteroatoms. The van der Waals surface area contributed by atoms with E-state index in [2.05, 4.69) is 24.3 Å². The van der Waals surface area contributed by atoms with Crippen molar-refractivity contribution in [3.8, 4) is 0 Å². The fraction of sp³-hybridized carbons (Fsp3) is 0.600. The Bertz CT molecular complexity index is 212. The maximum Gasteiger partial charge on any atom is -0.0133 e. The lowest BCUT2D eigenvalue weighted by molar-refractivity contribution is 0.398. The van der Waals surface area contributed by atoms with Crippen molar-refractivity contribution < 1.29 is 0 Å². The van der Waals surface area contributed by atoms with Gasteiger partial charge < -0.3 is 0 Å². The number of allylic oxidation sites excluding steroid dienone is 4. The summed E-state index contributed by atoms with van der Waals surface area (Å²) < 4.78 is 0. The van der Waals surface area contributed by atoms with Crippen LogP contribution in [0.25, 0.3) is 0 Å². The van der Waals surface area contributed by atoms with Gasteiger partial charge in [0, 0.05) is 0 Å². The molecule has 0 aliphatic heterocycles. The van der Waals surface area contributed by atoms with Crippen LogP contribution in [0.3, 0.4) is 0 Å². The van der Waals surface area contributed by atoms with Gasteiger partial charge in [-0.1, -0.05) is 24.3 Å². The fourth-order valence-electron chi connectivity index (χ4n) is 2.97. The molecule has 2 bridgehead atoms. The van der Waals surface area contributed by atoms with Gasteiger partial charge in [0.15, 0.2) is 0 Å². The van der Waals surface area contributed by atoms with Gasteiger partial charge >= 0.3 is 0 Å². The largest absolute Gasteiger partial charge is 0.0879 e. The van der Waals surface area contributed by atoms with Crippen LogP contribution in [-0.2, 0) is 0 Å². The molecule has 0 amide bonds. The van der Waals surface area contributed by atoms with Gasteiger partial charge in [0.25, 0.3) is 0 Å². The van der Waals surface area contributed by atoms with E-state index in [9.17, 15) is 0 Å². The third-order valence-electron chi connectivity index (χ3n) is 3.46. The zero-order chi connectivity index (χ0) is 6.55. The summed E-state index contributed by atoms with van der Waals surface area (Å²) in [5.41, 5.74) is 0. The smallest absolute Gasteiger partial charge is 0.0133 e. The van der Waals surface area contributed by atoms with Crippen LogP contribution in [0.15, 0.2) is 24.3 Å². The van der Waals surface area contributed by atoms with Crippen molar-refractivity contribution in [2.45, 2.75) is 12.8 Å². The molecule has 0 radical (unpaired) electrons. The molecule has 0 nitrogen and oxygen atoms in total. The van der Waals surface area contributed by atoms with Crippen LogP contribution in [0.1, 0.15) is 12.8 Å². The summed E-state index contributed by atoms with van der Waals surface area (Å²) in [5.74, 6) is 3.82. The molecule has 3 aliphatic rings. The zero-order valence-corrected chi connectivity index (χ0v) is 6.03. The molecule has 0 aromatic heterocycles. The molecule has 4 atom stereocenters. The van der Waals surface area contributed by atoms with Crippen molar-refractivity contribution in [3.05, 3.63) is 24.3 Å². The summed E-state index contributed by atoms with van der Waals surface area (Å²) in [6.45, 7) is 0. The summed E-state index contributed by atoms with van der Waals surface area (Å²) in [4.78, 5) is 0. The van der Waals surface area contributed by atoms with E-state index in [-0.39, 0.29) is 0 Å². The monoisotopic (exact) mass is 132 g/mol. The highest BCUT2D eigenvalue weighted by Crippen LogP contribution is 2.52. The van der Waals surface area contributed by atoms with Gasteiger partial charge in [-0.05, 0) is 36.5 Å². The highest BCUT2D eigenvalue weighted by Gasteiger charge is 2.44. The Morgan fingerprint density at radius 2 is 1.90 bits per heavy atom. The Kier molecular flexibility index (Phi) is 0.803. The van der Waals surface area contributed by atoms with Gasteiger partial charge in [-0.2, -0.15) is 0 Å². The third-order valence-corrected chi connectivity index (χ3v) is 3.46. The Balaban J connectivity index is 2.04. The second-order valence-electron chi connectivity index (χ2n) is 3.85. The number of fused-ring (bicyclic) bond motifs is 5. The van der Waals surface area contributed by atoms with Crippen molar-refractivity contribution in [3.63, 3.8) is 0 Å². The second kappa shape index (κ2) is 1.55. The molecule has 0 heterocycles. The van der Waals surface area contributed by atoms with Crippen LogP contribution in [0.4, 0.5) is 0 Å². The van der Waals surface area contributed by atoms with E-state index in [4.69, 9.17) is 0 Å². The van der Waals surface area contributed by atoms with Crippen molar-refractivity contribution >= 4 is 0 Å². The minimum absolute atomic E-state index is 0.925. The molecule has 10 heavy (non-hydrogen) atoms. The molecular weight excluding hydrogens is 120 g/mol. The van der Waals surface area contributed by atoms with Gasteiger partial charge in [0.1, 0.15) is 0 Å². The Hall–Kier alpha value is -0.520. The molecular formula is C10H12. The first-order chi connectivity index (χ1) is 4.95. The Labute approximate surface area is 61.6 Å². The van der Waals surface area contributed by atoms with E-state index in [1.807, 2.05) is 0 Å². The van der Waals surface area contributed by atoms with E-state index in [1.165, 1.54) is 12.8 Å².